The van der Waals surface area contributed by atoms with E-state index in [9.17, 15) is 0 Å². The van der Waals surface area contributed by atoms with Gasteiger partial charge < -0.3 is 15.4 Å². The first kappa shape index (κ1) is 11.2. The summed E-state index contributed by atoms with van der Waals surface area (Å²) in [5.41, 5.74) is 6.88. The van der Waals surface area contributed by atoms with Gasteiger partial charge in [-0.05, 0) is 24.3 Å². The molecule has 0 radical (unpaired) electrons. The van der Waals surface area contributed by atoms with Gasteiger partial charge in [0.15, 0.2) is 0 Å². The number of piperazine rings is 1. The standard InChI is InChI=1S/C12H19N3O/c1-16-12-4-2-11(3-5-12)15-8-6-14(10-13)7-9-15/h2-5H,6-10,13H2,1H3. The number of anilines is 1. The predicted octanol–water partition coefficient (Wildman–Crippen LogP) is 0.733. The Morgan fingerprint density at radius 3 is 2.25 bits per heavy atom. The number of nitrogens with zero attached hydrogens (tertiary/aromatic N) is 2. The first-order valence-electron chi connectivity index (χ1n) is 5.65. The number of rotatable bonds is 3. The second-order valence-electron chi connectivity index (χ2n) is 3.99. The fourth-order valence-electron chi connectivity index (χ4n) is 1.98. The lowest BCUT2D eigenvalue weighted by Crippen LogP contribution is -2.48. The van der Waals surface area contributed by atoms with Gasteiger partial charge in [0.1, 0.15) is 5.75 Å². The quantitative estimate of drug-likeness (QED) is 0.817. The molecule has 2 N–H and O–H groups in total. The summed E-state index contributed by atoms with van der Waals surface area (Å²) < 4.78 is 5.15. The monoisotopic (exact) mass is 221 g/mol. The van der Waals surface area contributed by atoms with E-state index in [4.69, 9.17) is 10.5 Å². The summed E-state index contributed by atoms with van der Waals surface area (Å²) in [7, 11) is 1.69. The highest BCUT2D eigenvalue weighted by molar-refractivity contribution is 5.49. The summed E-state index contributed by atoms with van der Waals surface area (Å²) in [4.78, 5) is 4.64. The van der Waals surface area contributed by atoms with E-state index in [-0.39, 0.29) is 0 Å². The molecule has 1 aliphatic heterocycles. The first-order valence-corrected chi connectivity index (χ1v) is 5.65. The number of ether oxygens (including phenoxy) is 1. The van der Waals surface area contributed by atoms with Gasteiger partial charge in [-0.15, -0.1) is 0 Å². The number of benzene rings is 1. The maximum Gasteiger partial charge on any atom is 0.119 e. The minimum atomic E-state index is 0.663. The molecule has 1 saturated heterocycles. The third-order valence-electron chi connectivity index (χ3n) is 3.07. The molecule has 2 rings (SSSR count). The molecule has 0 bridgehead atoms. The summed E-state index contributed by atoms with van der Waals surface area (Å²) in [5.74, 6) is 0.907. The molecule has 1 heterocycles. The molecule has 1 aliphatic rings. The van der Waals surface area contributed by atoms with Crippen LogP contribution < -0.4 is 15.4 Å². The van der Waals surface area contributed by atoms with Crippen LogP contribution in [0.3, 0.4) is 0 Å². The second kappa shape index (κ2) is 5.18. The molecule has 0 saturated carbocycles. The van der Waals surface area contributed by atoms with E-state index in [2.05, 4.69) is 21.9 Å². The van der Waals surface area contributed by atoms with Crippen molar-refractivity contribution in [2.24, 2.45) is 5.73 Å². The third kappa shape index (κ3) is 2.46. The molecule has 88 valence electrons. The maximum atomic E-state index is 5.62. The van der Waals surface area contributed by atoms with Gasteiger partial charge in [0.2, 0.25) is 0 Å². The minimum absolute atomic E-state index is 0.663. The van der Waals surface area contributed by atoms with E-state index in [1.54, 1.807) is 7.11 Å². The molecule has 0 spiro atoms. The largest absolute Gasteiger partial charge is 0.497 e. The van der Waals surface area contributed by atoms with Crippen molar-refractivity contribution in [2.75, 3.05) is 44.9 Å². The summed E-state index contributed by atoms with van der Waals surface area (Å²) >= 11 is 0. The Morgan fingerprint density at radius 2 is 1.75 bits per heavy atom. The molecule has 0 aromatic heterocycles. The van der Waals surface area contributed by atoms with Crippen LogP contribution in [0.25, 0.3) is 0 Å². The molecule has 4 nitrogen and oxygen atoms in total. The Hall–Kier alpha value is -1.26. The molecular weight excluding hydrogens is 202 g/mol. The fraction of sp³-hybridized carbons (Fsp3) is 0.500. The summed E-state index contributed by atoms with van der Waals surface area (Å²) in [6.45, 7) is 4.84. The van der Waals surface area contributed by atoms with Crippen molar-refractivity contribution in [3.8, 4) is 5.75 Å². The van der Waals surface area contributed by atoms with Crippen LogP contribution in [0, 0.1) is 0 Å². The van der Waals surface area contributed by atoms with Gasteiger partial charge in [-0.1, -0.05) is 0 Å². The van der Waals surface area contributed by atoms with Crippen molar-refractivity contribution < 1.29 is 4.74 Å². The molecule has 1 aromatic carbocycles. The zero-order valence-corrected chi connectivity index (χ0v) is 9.72. The summed E-state index contributed by atoms with van der Waals surface area (Å²) in [6.07, 6.45) is 0. The molecule has 16 heavy (non-hydrogen) atoms. The molecule has 1 fully saturated rings. The third-order valence-corrected chi connectivity index (χ3v) is 3.07. The lowest BCUT2D eigenvalue weighted by molar-refractivity contribution is 0.265. The molecule has 0 atom stereocenters. The molecule has 1 aromatic rings. The lowest BCUT2D eigenvalue weighted by atomic mass is 10.2. The topological polar surface area (TPSA) is 41.7 Å². The number of nitrogens with two attached hydrogens (primary N) is 1. The van der Waals surface area contributed by atoms with Crippen molar-refractivity contribution in [2.45, 2.75) is 0 Å². The SMILES string of the molecule is COc1ccc(N2CCN(CN)CC2)cc1. The van der Waals surface area contributed by atoms with Crippen LogP contribution >= 0.6 is 0 Å². The smallest absolute Gasteiger partial charge is 0.119 e. The van der Waals surface area contributed by atoms with Gasteiger partial charge >= 0.3 is 0 Å². The van der Waals surface area contributed by atoms with Gasteiger partial charge in [-0.3, -0.25) is 4.90 Å². The summed E-state index contributed by atoms with van der Waals surface area (Å²) in [6, 6.07) is 8.23. The van der Waals surface area contributed by atoms with Gasteiger partial charge in [0, 0.05) is 38.5 Å². The van der Waals surface area contributed by atoms with Crippen molar-refractivity contribution in [3.63, 3.8) is 0 Å². The zero-order chi connectivity index (χ0) is 11.4. The van der Waals surface area contributed by atoms with E-state index in [1.807, 2.05) is 12.1 Å². The van der Waals surface area contributed by atoms with Gasteiger partial charge in [-0.25, -0.2) is 0 Å². The maximum absolute atomic E-state index is 5.62. The van der Waals surface area contributed by atoms with Crippen molar-refractivity contribution in [1.82, 2.24) is 4.90 Å². The van der Waals surface area contributed by atoms with E-state index >= 15 is 0 Å². The lowest BCUT2D eigenvalue weighted by Gasteiger charge is -2.35. The number of methoxy groups -OCH3 is 1. The highest BCUT2D eigenvalue weighted by Gasteiger charge is 2.15. The van der Waals surface area contributed by atoms with Crippen LogP contribution in [0.2, 0.25) is 0 Å². The fourth-order valence-corrected chi connectivity index (χ4v) is 1.98. The molecular formula is C12H19N3O. The van der Waals surface area contributed by atoms with Crippen molar-refractivity contribution in [1.29, 1.82) is 0 Å². The van der Waals surface area contributed by atoms with Crippen LogP contribution in [-0.2, 0) is 0 Å². The van der Waals surface area contributed by atoms with Crippen molar-refractivity contribution >= 4 is 5.69 Å². The van der Waals surface area contributed by atoms with Gasteiger partial charge in [0.25, 0.3) is 0 Å². The zero-order valence-electron chi connectivity index (χ0n) is 9.72. The van der Waals surface area contributed by atoms with Crippen LogP contribution in [-0.4, -0.2) is 44.9 Å². The van der Waals surface area contributed by atoms with Crippen molar-refractivity contribution in [3.05, 3.63) is 24.3 Å². The second-order valence-corrected chi connectivity index (χ2v) is 3.99. The number of hydrogen-bond acceptors (Lipinski definition) is 4. The van der Waals surface area contributed by atoms with Crippen LogP contribution in [0.5, 0.6) is 5.75 Å². The van der Waals surface area contributed by atoms with Crippen LogP contribution in [0.1, 0.15) is 0 Å². The average molecular weight is 221 g/mol. The van der Waals surface area contributed by atoms with E-state index in [1.165, 1.54) is 5.69 Å². The van der Waals surface area contributed by atoms with E-state index in [0.717, 1.165) is 31.9 Å². The number of hydrogen-bond donors (Lipinski definition) is 1. The Kier molecular flexibility index (Phi) is 3.64. The Labute approximate surface area is 96.6 Å². The van der Waals surface area contributed by atoms with Crippen LogP contribution in [0.15, 0.2) is 24.3 Å². The highest BCUT2D eigenvalue weighted by Crippen LogP contribution is 2.20. The summed E-state index contributed by atoms with van der Waals surface area (Å²) in [5, 5.41) is 0. The van der Waals surface area contributed by atoms with Crippen LogP contribution in [0.4, 0.5) is 5.69 Å². The molecule has 0 amide bonds. The normalized spacial score (nSPS) is 17.5. The first-order chi connectivity index (χ1) is 7.83. The highest BCUT2D eigenvalue weighted by atomic mass is 16.5. The van der Waals surface area contributed by atoms with Gasteiger partial charge in [-0.2, -0.15) is 0 Å². The Morgan fingerprint density at radius 1 is 1.12 bits per heavy atom. The van der Waals surface area contributed by atoms with E-state index < -0.39 is 0 Å². The Balaban J connectivity index is 1.97. The van der Waals surface area contributed by atoms with E-state index in [0.29, 0.717) is 6.67 Å². The molecule has 4 heteroatoms. The minimum Gasteiger partial charge on any atom is -0.497 e. The molecule has 0 unspecified atom stereocenters. The predicted molar refractivity (Wildman–Crippen MR) is 65.8 cm³/mol. The Bertz CT molecular complexity index is 318. The van der Waals surface area contributed by atoms with Gasteiger partial charge in [0.05, 0.1) is 7.11 Å². The average Bonchev–Trinajstić information content (AvgIpc) is 2.39. The molecule has 0 aliphatic carbocycles.